The van der Waals surface area contributed by atoms with Gasteiger partial charge >= 0.3 is 0 Å². The number of hydrogen-bond acceptors (Lipinski definition) is 3. The standard InChI is InChI=1S/C17H19N3/c1-4-7-19-17-14(11-18)5-6-16(20-17)15-9-12(2)8-13(3)10-15/h5-6,8-10H,4,7H2,1-3H3,(H,19,20). The average molecular weight is 265 g/mol. The normalized spacial score (nSPS) is 10.1. The molecule has 0 aliphatic carbocycles. The van der Waals surface area contributed by atoms with Crippen LogP contribution < -0.4 is 5.32 Å². The summed E-state index contributed by atoms with van der Waals surface area (Å²) in [6, 6.07) is 12.3. The third kappa shape index (κ3) is 3.16. The molecule has 0 saturated carbocycles. The largest absolute Gasteiger partial charge is 0.369 e. The maximum Gasteiger partial charge on any atom is 0.144 e. The van der Waals surface area contributed by atoms with Gasteiger partial charge in [0.25, 0.3) is 0 Å². The highest BCUT2D eigenvalue weighted by atomic mass is 15.0. The van der Waals surface area contributed by atoms with Gasteiger partial charge in [0.1, 0.15) is 11.9 Å². The molecule has 0 saturated heterocycles. The van der Waals surface area contributed by atoms with E-state index in [1.807, 2.05) is 12.1 Å². The Kier molecular flexibility index (Phi) is 4.37. The van der Waals surface area contributed by atoms with Crippen molar-refractivity contribution < 1.29 is 0 Å². The van der Waals surface area contributed by atoms with Gasteiger partial charge < -0.3 is 5.32 Å². The van der Waals surface area contributed by atoms with Gasteiger partial charge in [-0.1, -0.05) is 24.1 Å². The van der Waals surface area contributed by atoms with Crippen LogP contribution in [-0.2, 0) is 0 Å². The van der Waals surface area contributed by atoms with Crippen LogP contribution in [-0.4, -0.2) is 11.5 Å². The molecule has 3 heteroatoms. The summed E-state index contributed by atoms with van der Waals surface area (Å²) in [6.07, 6.45) is 1.00. The Labute approximate surface area is 120 Å². The number of hydrogen-bond donors (Lipinski definition) is 1. The summed E-state index contributed by atoms with van der Waals surface area (Å²) in [5.74, 6) is 0.672. The quantitative estimate of drug-likeness (QED) is 0.907. The molecule has 0 spiro atoms. The van der Waals surface area contributed by atoms with Gasteiger partial charge in [-0.2, -0.15) is 5.26 Å². The van der Waals surface area contributed by atoms with Crippen LogP contribution in [0.15, 0.2) is 30.3 Å². The summed E-state index contributed by atoms with van der Waals surface area (Å²) >= 11 is 0. The van der Waals surface area contributed by atoms with Gasteiger partial charge in [0, 0.05) is 12.1 Å². The smallest absolute Gasteiger partial charge is 0.144 e. The first-order valence-electron chi connectivity index (χ1n) is 6.87. The second-order valence-electron chi connectivity index (χ2n) is 5.01. The van der Waals surface area contributed by atoms with Crippen molar-refractivity contribution in [2.24, 2.45) is 0 Å². The molecule has 2 rings (SSSR count). The number of aromatic nitrogens is 1. The van der Waals surface area contributed by atoms with Crippen molar-refractivity contribution in [1.82, 2.24) is 4.98 Å². The first-order chi connectivity index (χ1) is 9.63. The molecule has 102 valence electrons. The Morgan fingerprint density at radius 3 is 2.45 bits per heavy atom. The van der Waals surface area contributed by atoms with Crippen LogP contribution in [0.5, 0.6) is 0 Å². The number of nitrogens with zero attached hydrogens (tertiary/aromatic N) is 2. The van der Waals surface area contributed by atoms with Crippen molar-refractivity contribution in [3.05, 3.63) is 47.0 Å². The molecular weight excluding hydrogens is 246 g/mol. The topological polar surface area (TPSA) is 48.7 Å². The predicted octanol–water partition coefficient (Wildman–Crippen LogP) is 4.06. The zero-order valence-corrected chi connectivity index (χ0v) is 12.2. The van der Waals surface area contributed by atoms with Crippen molar-refractivity contribution in [1.29, 1.82) is 5.26 Å². The molecule has 0 radical (unpaired) electrons. The van der Waals surface area contributed by atoms with Gasteiger partial charge in [-0.05, 0) is 44.5 Å². The fraction of sp³-hybridized carbons (Fsp3) is 0.294. The van der Waals surface area contributed by atoms with Crippen LogP contribution in [0.25, 0.3) is 11.3 Å². The summed E-state index contributed by atoms with van der Waals surface area (Å²) in [5.41, 5.74) is 5.01. The maximum absolute atomic E-state index is 9.14. The Morgan fingerprint density at radius 2 is 1.85 bits per heavy atom. The Hall–Kier alpha value is -2.34. The predicted molar refractivity (Wildman–Crippen MR) is 82.6 cm³/mol. The van der Waals surface area contributed by atoms with Crippen molar-refractivity contribution in [2.75, 3.05) is 11.9 Å². The molecule has 0 aliphatic heterocycles. The molecule has 0 atom stereocenters. The lowest BCUT2D eigenvalue weighted by molar-refractivity contribution is 0.968. The molecule has 1 aromatic heterocycles. The number of benzene rings is 1. The fourth-order valence-corrected chi connectivity index (χ4v) is 2.21. The summed E-state index contributed by atoms with van der Waals surface area (Å²) < 4.78 is 0. The van der Waals surface area contributed by atoms with Gasteiger partial charge in [0.2, 0.25) is 0 Å². The van der Waals surface area contributed by atoms with Gasteiger partial charge in [0.05, 0.1) is 11.3 Å². The molecular formula is C17H19N3. The monoisotopic (exact) mass is 265 g/mol. The summed E-state index contributed by atoms with van der Waals surface area (Å²) in [4.78, 5) is 4.60. The molecule has 20 heavy (non-hydrogen) atoms. The lowest BCUT2D eigenvalue weighted by Crippen LogP contribution is -2.04. The third-order valence-electron chi connectivity index (χ3n) is 3.08. The van der Waals surface area contributed by atoms with Crippen LogP contribution in [0.1, 0.15) is 30.0 Å². The van der Waals surface area contributed by atoms with Crippen LogP contribution in [0.3, 0.4) is 0 Å². The van der Waals surface area contributed by atoms with Gasteiger partial charge in [0.15, 0.2) is 0 Å². The van der Waals surface area contributed by atoms with E-state index in [1.165, 1.54) is 11.1 Å². The zero-order valence-electron chi connectivity index (χ0n) is 12.2. The van der Waals surface area contributed by atoms with Gasteiger partial charge in [-0.15, -0.1) is 0 Å². The summed E-state index contributed by atoms with van der Waals surface area (Å²) in [5, 5.41) is 12.4. The van der Waals surface area contributed by atoms with E-state index in [0.717, 1.165) is 24.2 Å². The van der Waals surface area contributed by atoms with E-state index in [4.69, 9.17) is 5.26 Å². The molecule has 0 unspecified atom stereocenters. The van der Waals surface area contributed by atoms with Crippen LogP contribution in [0.4, 0.5) is 5.82 Å². The maximum atomic E-state index is 9.14. The third-order valence-corrected chi connectivity index (χ3v) is 3.08. The molecule has 0 amide bonds. The highest BCUT2D eigenvalue weighted by Gasteiger charge is 2.07. The van der Waals surface area contributed by atoms with Crippen LogP contribution >= 0.6 is 0 Å². The fourth-order valence-electron chi connectivity index (χ4n) is 2.21. The Morgan fingerprint density at radius 1 is 1.15 bits per heavy atom. The molecule has 0 aliphatic rings. The second-order valence-corrected chi connectivity index (χ2v) is 5.01. The van der Waals surface area contributed by atoms with Gasteiger partial charge in [-0.25, -0.2) is 4.98 Å². The molecule has 2 aromatic rings. The number of nitrogens with one attached hydrogen (secondary N) is 1. The van der Waals surface area contributed by atoms with Crippen LogP contribution in [0.2, 0.25) is 0 Å². The minimum Gasteiger partial charge on any atom is -0.369 e. The van der Waals surface area contributed by atoms with E-state index in [-0.39, 0.29) is 0 Å². The lowest BCUT2D eigenvalue weighted by atomic mass is 10.0. The minimum atomic E-state index is 0.589. The number of anilines is 1. The number of pyridine rings is 1. The van der Waals surface area contributed by atoms with E-state index in [0.29, 0.717) is 11.4 Å². The van der Waals surface area contributed by atoms with E-state index < -0.39 is 0 Å². The molecule has 1 N–H and O–H groups in total. The highest BCUT2D eigenvalue weighted by molar-refractivity contribution is 5.66. The average Bonchev–Trinajstić information content (AvgIpc) is 2.43. The van der Waals surface area contributed by atoms with Crippen molar-refractivity contribution in [3.63, 3.8) is 0 Å². The summed E-state index contributed by atoms with van der Waals surface area (Å²) in [7, 11) is 0. The van der Waals surface area contributed by atoms with E-state index in [9.17, 15) is 0 Å². The first-order valence-corrected chi connectivity index (χ1v) is 6.87. The summed E-state index contributed by atoms with van der Waals surface area (Å²) in [6.45, 7) is 7.07. The first kappa shape index (κ1) is 14.1. The highest BCUT2D eigenvalue weighted by Crippen LogP contribution is 2.23. The van der Waals surface area contributed by atoms with Crippen molar-refractivity contribution in [2.45, 2.75) is 27.2 Å². The number of nitriles is 1. The zero-order chi connectivity index (χ0) is 14.5. The number of aryl methyl sites for hydroxylation is 2. The lowest BCUT2D eigenvalue weighted by Gasteiger charge is -2.09. The molecule has 1 heterocycles. The minimum absolute atomic E-state index is 0.589. The molecule has 0 fully saturated rings. The SMILES string of the molecule is CCCNc1nc(-c2cc(C)cc(C)c2)ccc1C#N. The van der Waals surface area contributed by atoms with Gasteiger partial charge in [-0.3, -0.25) is 0 Å². The van der Waals surface area contributed by atoms with E-state index >= 15 is 0 Å². The van der Waals surface area contributed by atoms with Crippen LogP contribution in [0, 0.1) is 25.2 Å². The Bertz CT molecular complexity index is 634. The second kappa shape index (κ2) is 6.21. The van der Waals surface area contributed by atoms with Crippen molar-refractivity contribution >= 4 is 5.82 Å². The Balaban J connectivity index is 2.44. The molecule has 0 bridgehead atoms. The molecule has 1 aromatic carbocycles. The van der Waals surface area contributed by atoms with Crippen molar-refractivity contribution in [3.8, 4) is 17.3 Å². The number of rotatable bonds is 4. The van der Waals surface area contributed by atoms with E-state index in [1.54, 1.807) is 0 Å². The van der Waals surface area contributed by atoms with E-state index in [2.05, 4.69) is 55.3 Å². The molecule has 3 nitrogen and oxygen atoms in total.